The summed E-state index contributed by atoms with van der Waals surface area (Å²) in [4.78, 5) is 31.8. The summed E-state index contributed by atoms with van der Waals surface area (Å²) in [6.45, 7) is 6.89. The lowest BCUT2D eigenvalue weighted by Gasteiger charge is -2.25. The Morgan fingerprint density at radius 1 is 1.16 bits per heavy atom. The van der Waals surface area contributed by atoms with E-state index in [9.17, 15) is 4.79 Å². The molecule has 0 saturated carbocycles. The van der Waals surface area contributed by atoms with Crippen LogP contribution in [-0.4, -0.2) is 65.8 Å². The van der Waals surface area contributed by atoms with Crippen molar-refractivity contribution >= 4 is 28.3 Å². The van der Waals surface area contributed by atoms with Gasteiger partial charge in [-0.05, 0) is 49.1 Å². The number of carbonyl (C=O) groups is 1. The van der Waals surface area contributed by atoms with Crippen molar-refractivity contribution in [2.45, 2.75) is 25.7 Å². The van der Waals surface area contributed by atoms with Crippen molar-refractivity contribution in [1.29, 1.82) is 0 Å². The van der Waals surface area contributed by atoms with Crippen LogP contribution in [0.5, 0.6) is 23.0 Å². The molecule has 2 atom stereocenters. The van der Waals surface area contributed by atoms with Gasteiger partial charge in [0.1, 0.15) is 29.5 Å². The second-order valence-corrected chi connectivity index (χ2v) is 10.4. The SMILES string of the molecule is C=CC(=O)N1CCC(C(CC)c2ncnc(N)c2/C(=N\C)c2ccc(Oc3ccnc4cc(OC)c(OC)cc34)cc2F)C1. The van der Waals surface area contributed by atoms with Crippen LogP contribution in [0.15, 0.2) is 66.6 Å². The molecule has 2 unspecified atom stereocenters. The van der Waals surface area contributed by atoms with Crippen molar-refractivity contribution in [3.63, 3.8) is 0 Å². The van der Waals surface area contributed by atoms with Gasteiger partial charge in [0.05, 0.1) is 36.7 Å². The maximum Gasteiger partial charge on any atom is 0.245 e. The maximum absolute atomic E-state index is 15.9. The van der Waals surface area contributed by atoms with Gasteiger partial charge in [-0.2, -0.15) is 0 Å². The van der Waals surface area contributed by atoms with E-state index in [0.29, 0.717) is 58.2 Å². The minimum Gasteiger partial charge on any atom is -0.493 e. The number of fused-ring (bicyclic) bond motifs is 1. The quantitative estimate of drug-likeness (QED) is 0.186. The highest BCUT2D eigenvalue weighted by molar-refractivity contribution is 6.16. The van der Waals surface area contributed by atoms with E-state index in [1.54, 1.807) is 62.7 Å². The average molecular weight is 599 g/mol. The molecule has 2 aromatic carbocycles. The van der Waals surface area contributed by atoms with Crippen LogP contribution in [0.1, 0.15) is 42.5 Å². The molecule has 0 aliphatic carbocycles. The molecule has 44 heavy (non-hydrogen) atoms. The fourth-order valence-electron chi connectivity index (χ4n) is 5.91. The smallest absolute Gasteiger partial charge is 0.245 e. The van der Waals surface area contributed by atoms with Crippen LogP contribution in [0.4, 0.5) is 10.2 Å². The normalized spacial score (nSPS) is 15.7. The van der Waals surface area contributed by atoms with Crippen molar-refractivity contribution in [2.24, 2.45) is 10.9 Å². The minimum atomic E-state index is -0.549. The number of carbonyl (C=O) groups excluding carboxylic acids is 1. The Kier molecular flexibility index (Phi) is 9.03. The first-order valence-corrected chi connectivity index (χ1v) is 14.3. The van der Waals surface area contributed by atoms with Crippen LogP contribution < -0.4 is 19.9 Å². The number of amides is 1. The number of aromatic nitrogens is 3. The predicted octanol–water partition coefficient (Wildman–Crippen LogP) is 5.55. The van der Waals surface area contributed by atoms with Gasteiger partial charge in [-0.1, -0.05) is 13.5 Å². The molecule has 1 amide bonds. The third-order valence-corrected chi connectivity index (χ3v) is 8.07. The van der Waals surface area contributed by atoms with E-state index in [0.717, 1.165) is 12.8 Å². The maximum atomic E-state index is 15.9. The number of nitrogens with two attached hydrogens (primary N) is 1. The molecule has 4 aromatic rings. The highest BCUT2D eigenvalue weighted by atomic mass is 19.1. The summed E-state index contributed by atoms with van der Waals surface area (Å²) in [5, 5.41) is 0.676. The molecule has 1 aliphatic rings. The topological polar surface area (TPSA) is 125 Å². The first kappa shape index (κ1) is 30.4. The summed E-state index contributed by atoms with van der Waals surface area (Å²) in [6.07, 6.45) is 5.91. The first-order valence-electron chi connectivity index (χ1n) is 14.3. The van der Waals surface area contributed by atoms with Gasteiger partial charge in [0.25, 0.3) is 0 Å². The second kappa shape index (κ2) is 13.1. The van der Waals surface area contributed by atoms with Crippen LogP contribution in [0.25, 0.3) is 10.9 Å². The van der Waals surface area contributed by atoms with E-state index in [1.807, 2.05) is 0 Å². The number of anilines is 1. The van der Waals surface area contributed by atoms with Gasteiger partial charge < -0.3 is 24.8 Å². The Bertz CT molecular complexity index is 1740. The number of likely N-dealkylation sites (tertiary alicyclic amines) is 1. The third-order valence-electron chi connectivity index (χ3n) is 8.07. The summed E-state index contributed by atoms with van der Waals surface area (Å²) in [7, 11) is 4.69. The van der Waals surface area contributed by atoms with E-state index in [1.165, 1.54) is 18.5 Å². The Labute approximate surface area is 255 Å². The zero-order valence-corrected chi connectivity index (χ0v) is 25.2. The Morgan fingerprint density at radius 2 is 1.93 bits per heavy atom. The largest absolute Gasteiger partial charge is 0.493 e. The zero-order valence-electron chi connectivity index (χ0n) is 25.2. The molecule has 3 heterocycles. The summed E-state index contributed by atoms with van der Waals surface area (Å²) in [5.74, 6) is 1.47. The van der Waals surface area contributed by atoms with Gasteiger partial charge >= 0.3 is 0 Å². The van der Waals surface area contributed by atoms with Crippen LogP contribution >= 0.6 is 0 Å². The van der Waals surface area contributed by atoms with Gasteiger partial charge in [-0.3, -0.25) is 14.8 Å². The molecule has 0 spiro atoms. The lowest BCUT2D eigenvalue weighted by molar-refractivity contribution is -0.125. The number of hydrogen-bond acceptors (Lipinski definition) is 9. The number of ether oxygens (including phenoxy) is 3. The molecule has 2 N–H and O–H groups in total. The molecule has 1 saturated heterocycles. The van der Waals surface area contributed by atoms with E-state index in [-0.39, 0.29) is 34.9 Å². The standard InChI is InChI=1S/C33H35FN6O4/c1-6-21(19-11-13-40(17-19)29(41)7-2)32-30(33(35)39-18-38-32)31(36-3)22-9-8-20(14-24(22)34)44-26-10-12-37-25-16-28(43-5)27(42-4)15-23(25)26/h7-10,12,14-16,18-19,21H,2,6,11,13,17H2,1,3-5H3,(H2,35,38,39)/b36-31-. The first-order chi connectivity index (χ1) is 21.3. The molecule has 1 fully saturated rings. The lowest BCUT2D eigenvalue weighted by atomic mass is 9.83. The highest BCUT2D eigenvalue weighted by Gasteiger charge is 2.34. The van der Waals surface area contributed by atoms with Gasteiger partial charge in [0.2, 0.25) is 5.91 Å². The molecule has 5 rings (SSSR count). The van der Waals surface area contributed by atoms with Gasteiger partial charge in [0.15, 0.2) is 11.5 Å². The van der Waals surface area contributed by atoms with Gasteiger partial charge in [-0.25, -0.2) is 14.4 Å². The molecule has 228 valence electrons. The number of benzene rings is 2. The Hall–Kier alpha value is -5.06. The number of nitrogens with zero attached hydrogens (tertiary/aromatic N) is 5. The molecule has 10 nitrogen and oxygen atoms in total. The lowest BCUT2D eigenvalue weighted by Crippen LogP contribution is -2.28. The van der Waals surface area contributed by atoms with Crippen molar-refractivity contribution < 1.29 is 23.4 Å². The van der Waals surface area contributed by atoms with Crippen LogP contribution in [0, 0.1) is 11.7 Å². The number of methoxy groups -OCH3 is 2. The predicted molar refractivity (Wildman–Crippen MR) is 167 cm³/mol. The van der Waals surface area contributed by atoms with E-state index >= 15 is 4.39 Å². The van der Waals surface area contributed by atoms with Crippen molar-refractivity contribution in [3.05, 3.63) is 84.2 Å². The highest BCUT2D eigenvalue weighted by Crippen LogP contribution is 2.39. The van der Waals surface area contributed by atoms with Crippen molar-refractivity contribution in [1.82, 2.24) is 19.9 Å². The molecular weight excluding hydrogens is 563 g/mol. The minimum absolute atomic E-state index is 0.0454. The summed E-state index contributed by atoms with van der Waals surface area (Å²) in [5.41, 5.74) is 8.80. The molecule has 0 radical (unpaired) electrons. The molecule has 2 aromatic heterocycles. The van der Waals surface area contributed by atoms with E-state index < -0.39 is 5.82 Å². The third kappa shape index (κ3) is 5.77. The van der Waals surface area contributed by atoms with E-state index in [2.05, 4.69) is 33.4 Å². The van der Waals surface area contributed by atoms with Crippen LogP contribution in [-0.2, 0) is 4.79 Å². The van der Waals surface area contributed by atoms with Gasteiger partial charge in [0, 0.05) is 55.3 Å². The number of aliphatic imine (C=N–C) groups is 1. The Morgan fingerprint density at radius 3 is 2.61 bits per heavy atom. The fraction of sp³-hybridized carbons (Fsp3) is 0.303. The Balaban J connectivity index is 1.48. The number of nitrogen functional groups attached to an aromatic ring is 1. The zero-order chi connectivity index (χ0) is 31.4. The number of halogens is 1. The summed E-state index contributed by atoms with van der Waals surface area (Å²) < 4.78 is 32.8. The molecular formula is C33H35FN6O4. The average Bonchev–Trinajstić information content (AvgIpc) is 3.52. The fourth-order valence-corrected chi connectivity index (χ4v) is 5.91. The molecule has 1 aliphatic heterocycles. The van der Waals surface area contributed by atoms with Crippen molar-refractivity contribution in [3.8, 4) is 23.0 Å². The second-order valence-electron chi connectivity index (χ2n) is 10.4. The number of pyridine rings is 1. The summed E-state index contributed by atoms with van der Waals surface area (Å²) in [6, 6.07) is 9.80. The van der Waals surface area contributed by atoms with Crippen LogP contribution in [0.2, 0.25) is 0 Å². The van der Waals surface area contributed by atoms with Crippen molar-refractivity contribution in [2.75, 3.05) is 40.1 Å². The van der Waals surface area contributed by atoms with E-state index in [4.69, 9.17) is 19.9 Å². The number of hydrogen-bond donors (Lipinski definition) is 1. The molecule has 0 bridgehead atoms. The molecule has 11 heteroatoms. The van der Waals surface area contributed by atoms with Gasteiger partial charge in [-0.15, -0.1) is 0 Å². The van der Waals surface area contributed by atoms with Crippen LogP contribution in [0.3, 0.4) is 0 Å². The monoisotopic (exact) mass is 598 g/mol. The summed E-state index contributed by atoms with van der Waals surface area (Å²) >= 11 is 0. The number of rotatable bonds is 10.